The minimum Gasteiger partial charge on any atom is -0.300 e. The number of aromatic nitrogens is 4. The van der Waals surface area contributed by atoms with Gasteiger partial charge in [-0.15, -0.1) is 0 Å². The molecule has 4 heterocycles. The van der Waals surface area contributed by atoms with E-state index in [-0.39, 0.29) is 5.78 Å². The molecule has 0 aliphatic heterocycles. The van der Waals surface area contributed by atoms with Gasteiger partial charge in [0.15, 0.2) is 0 Å². The SMILES string of the molecule is Brc1cnn2ccccc12.CC(=O)Cc1cccc(-c2cnn3ccccc23)c1. The maximum absolute atomic E-state index is 11.2. The molecular formula is C23H19BrN4O. The first-order valence-electron chi connectivity index (χ1n) is 9.21. The summed E-state index contributed by atoms with van der Waals surface area (Å²) < 4.78 is 4.71. The van der Waals surface area contributed by atoms with Gasteiger partial charge in [-0.3, -0.25) is 4.79 Å². The number of hydrogen-bond donors (Lipinski definition) is 0. The molecule has 5 nitrogen and oxygen atoms in total. The normalized spacial score (nSPS) is 10.7. The Hall–Kier alpha value is -3.25. The molecule has 0 spiro atoms. The molecule has 29 heavy (non-hydrogen) atoms. The number of pyridine rings is 2. The highest BCUT2D eigenvalue weighted by atomic mass is 79.9. The van der Waals surface area contributed by atoms with Crippen LogP contribution in [0.25, 0.3) is 22.2 Å². The molecule has 5 rings (SSSR count). The van der Waals surface area contributed by atoms with Gasteiger partial charge in [0, 0.05) is 24.4 Å². The Morgan fingerprint density at radius 1 is 0.897 bits per heavy atom. The lowest BCUT2D eigenvalue weighted by Gasteiger charge is -2.03. The standard InChI is InChI=1S/C16H14N2O.C7H5BrN2/c1-12(19)9-13-5-4-6-14(10-13)15-11-17-18-8-3-2-7-16(15)18;8-6-5-9-10-4-2-1-3-7(6)10/h2-8,10-11H,9H2,1H3;1-5H. The number of rotatable bonds is 3. The zero-order valence-corrected chi connectivity index (χ0v) is 17.5. The molecule has 0 N–H and O–H groups in total. The number of hydrogen-bond acceptors (Lipinski definition) is 3. The summed E-state index contributed by atoms with van der Waals surface area (Å²) in [6.07, 6.45) is 7.98. The van der Waals surface area contributed by atoms with E-state index in [2.05, 4.69) is 32.2 Å². The molecule has 0 saturated heterocycles. The summed E-state index contributed by atoms with van der Waals surface area (Å²) in [6.45, 7) is 1.61. The van der Waals surface area contributed by atoms with Crippen molar-refractivity contribution in [3.8, 4) is 11.1 Å². The second kappa shape index (κ2) is 8.41. The molecule has 0 fully saturated rings. The van der Waals surface area contributed by atoms with E-state index in [1.807, 2.05) is 82.2 Å². The van der Waals surface area contributed by atoms with Crippen molar-refractivity contribution < 1.29 is 4.79 Å². The van der Waals surface area contributed by atoms with Crippen molar-refractivity contribution >= 4 is 32.7 Å². The first-order valence-corrected chi connectivity index (χ1v) is 10.00. The number of benzene rings is 1. The molecule has 0 aliphatic carbocycles. The third-order valence-corrected chi connectivity index (χ3v) is 5.11. The molecule has 0 aliphatic rings. The minimum absolute atomic E-state index is 0.178. The van der Waals surface area contributed by atoms with E-state index in [0.29, 0.717) is 6.42 Å². The Kier molecular flexibility index (Phi) is 5.53. The van der Waals surface area contributed by atoms with Gasteiger partial charge in [-0.05, 0) is 58.2 Å². The first kappa shape index (κ1) is 19.1. The van der Waals surface area contributed by atoms with Gasteiger partial charge in [-0.25, -0.2) is 9.03 Å². The number of halogens is 1. The molecule has 0 bridgehead atoms. The van der Waals surface area contributed by atoms with Crippen LogP contribution in [-0.4, -0.2) is 25.0 Å². The summed E-state index contributed by atoms with van der Waals surface area (Å²) in [6, 6.07) is 20.0. The van der Waals surface area contributed by atoms with Crippen LogP contribution >= 0.6 is 15.9 Å². The maximum atomic E-state index is 11.2. The van der Waals surface area contributed by atoms with Crippen molar-refractivity contribution in [1.82, 2.24) is 19.2 Å². The van der Waals surface area contributed by atoms with Crippen molar-refractivity contribution in [3.05, 3.63) is 95.5 Å². The van der Waals surface area contributed by atoms with E-state index in [1.165, 1.54) is 0 Å². The molecule has 0 atom stereocenters. The third-order valence-electron chi connectivity index (χ3n) is 4.50. The van der Waals surface area contributed by atoms with Crippen molar-refractivity contribution in [3.63, 3.8) is 0 Å². The number of fused-ring (bicyclic) bond motifs is 2. The molecule has 144 valence electrons. The molecule has 4 aromatic heterocycles. The van der Waals surface area contributed by atoms with E-state index in [9.17, 15) is 4.79 Å². The largest absolute Gasteiger partial charge is 0.300 e. The van der Waals surface area contributed by atoms with Gasteiger partial charge < -0.3 is 0 Å². The minimum atomic E-state index is 0.178. The van der Waals surface area contributed by atoms with E-state index in [0.717, 1.165) is 32.2 Å². The Morgan fingerprint density at radius 3 is 2.31 bits per heavy atom. The zero-order valence-electron chi connectivity index (χ0n) is 15.9. The van der Waals surface area contributed by atoms with Crippen molar-refractivity contribution in [2.75, 3.05) is 0 Å². The summed E-state index contributed by atoms with van der Waals surface area (Å²) in [5.41, 5.74) is 5.40. The number of Topliss-reactive ketones (excluding diaryl/α,β-unsaturated/α-hetero) is 1. The smallest absolute Gasteiger partial charge is 0.134 e. The second-order valence-electron chi connectivity index (χ2n) is 6.69. The van der Waals surface area contributed by atoms with E-state index in [4.69, 9.17) is 0 Å². The van der Waals surface area contributed by atoms with Crippen LogP contribution < -0.4 is 0 Å². The van der Waals surface area contributed by atoms with E-state index < -0.39 is 0 Å². The van der Waals surface area contributed by atoms with Gasteiger partial charge >= 0.3 is 0 Å². The number of carbonyl (C=O) groups excluding carboxylic acids is 1. The fourth-order valence-electron chi connectivity index (χ4n) is 3.20. The third kappa shape index (κ3) is 4.27. The van der Waals surface area contributed by atoms with Crippen LogP contribution in [0, 0.1) is 0 Å². The highest BCUT2D eigenvalue weighted by Crippen LogP contribution is 2.25. The highest BCUT2D eigenvalue weighted by Gasteiger charge is 2.07. The monoisotopic (exact) mass is 446 g/mol. The second-order valence-corrected chi connectivity index (χ2v) is 7.55. The predicted molar refractivity (Wildman–Crippen MR) is 118 cm³/mol. The zero-order chi connectivity index (χ0) is 20.2. The van der Waals surface area contributed by atoms with Crippen molar-refractivity contribution in [2.24, 2.45) is 0 Å². The molecular weight excluding hydrogens is 428 g/mol. The lowest BCUT2D eigenvalue weighted by atomic mass is 10.0. The van der Waals surface area contributed by atoms with Crippen LogP contribution in [0.3, 0.4) is 0 Å². The van der Waals surface area contributed by atoms with Gasteiger partial charge in [0.05, 0.1) is 27.9 Å². The first-order chi connectivity index (χ1) is 14.1. The summed E-state index contributed by atoms with van der Waals surface area (Å²) in [5.74, 6) is 0.178. The Morgan fingerprint density at radius 2 is 1.59 bits per heavy atom. The molecule has 1 aromatic carbocycles. The molecule has 0 saturated carbocycles. The fraction of sp³-hybridized carbons (Fsp3) is 0.0870. The number of nitrogens with zero attached hydrogens (tertiary/aromatic N) is 4. The summed E-state index contributed by atoms with van der Waals surface area (Å²) in [5, 5.41) is 8.42. The Labute approximate surface area is 176 Å². The van der Waals surface area contributed by atoms with Gasteiger partial charge in [-0.2, -0.15) is 10.2 Å². The van der Waals surface area contributed by atoms with Gasteiger partial charge in [0.2, 0.25) is 0 Å². The molecule has 5 aromatic rings. The van der Waals surface area contributed by atoms with Crippen molar-refractivity contribution in [1.29, 1.82) is 0 Å². The van der Waals surface area contributed by atoms with Crippen LogP contribution in [0.2, 0.25) is 0 Å². The molecule has 6 heteroatoms. The van der Waals surface area contributed by atoms with Crippen LogP contribution in [0.1, 0.15) is 12.5 Å². The van der Waals surface area contributed by atoms with Crippen LogP contribution in [0.5, 0.6) is 0 Å². The lowest BCUT2D eigenvalue weighted by molar-refractivity contribution is -0.116. The average Bonchev–Trinajstić information content (AvgIpc) is 3.33. The predicted octanol–water partition coefficient (Wildman–Crippen LogP) is 5.23. The van der Waals surface area contributed by atoms with Gasteiger partial charge in [-0.1, -0.05) is 36.4 Å². The quantitative estimate of drug-likeness (QED) is 0.381. The van der Waals surface area contributed by atoms with E-state index >= 15 is 0 Å². The Balaban J connectivity index is 0.000000171. The maximum Gasteiger partial charge on any atom is 0.134 e. The lowest BCUT2D eigenvalue weighted by Crippen LogP contribution is -1.96. The van der Waals surface area contributed by atoms with Crippen molar-refractivity contribution in [2.45, 2.75) is 13.3 Å². The molecule has 0 amide bonds. The average molecular weight is 447 g/mol. The summed E-state index contributed by atoms with van der Waals surface area (Å²) in [4.78, 5) is 11.2. The van der Waals surface area contributed by atoms with Crippen LogP contribution in [0.4, 0.5) is 0 Å². The summed E-state index contributed by atoms with van der Waals surface area (Å²) >= 11 is 3.38. The van der Waals surface area contributed by atoms with Gasteiger partial charge in [0.1, 0.15) is 5.78 Å². The fourth-order valence-corrected chi connectivity index (χ4v) is 3.60. The number of carbonyl (C=O) groups is 1. The Bertz CT molecular complexity index is 1290. The van der Waals surface area contributed by atoms with Crippen LogP contribution in [-0.2, 0) is 11.2 Å². The molecule has 0 unspecified atom stereocenters. The molecule has 0 radical (unpaired) electrons. The topological polar surface area (TPSA) is 51.7 Å². The number of ketones is 1. The highest BCUT2D eigenvalue weighted by molar-refractivity contribution is 9.10. The van der Waals surface area contributed by atoms with Gasteiger partial charge in [0.25, 0.3) is 0 Å². The summed E-state index contributed by atoms with van der Waals surface area (Å²) in [7, 11) is 0. The van der Waals surface area contributed by atoms with Crippen LogP contribution in [0.15, 0.2) is 89.9 Å². The van der Waals surface area contributed by atoms with E-state index in [1.54, 1.807) is 13.1 Å².